The number of aromatic nitrogens is 4. The number of fused-ring (bicyclic) bond motifs is 1. The van der Waals surface area contributed by atoms with E-state index in [1.807, 2.05) is 25.1 Å². The Morgan fingerprint density at radius 2 is 2.00 bits per heavy atom. The fraction of sp³-hybridized carbons (Fsp3) is 0.261. The van der Waals surface area contributed by atoms with Crippen LogP contribution in [0.15, 0.2) is 42.6 Å². The number of nitrogens with zero attached hydrogens (tertiary/aromatic N) is 6. The van der Waals surface area contributed by atoms with Gasteiger partial charge in [-0.05, 0) is 42.3 Å². The molecule has 12 heteroatoms. The first-order chi connectivity index (χ1) is 16.8. The van der Waals surface area contributed by atoms with Gasteiger partial charge in [0.1, 0.15) is 17.7 Å². The van der Waals surface area contributed by atoms with Crippen LogP contribution in [0.25, 0.3) is 5.69 Å². The van der Waals surface area contributed by atoms with E-state index >= 15 is 0 Å². The SMILES string of the molecule is CN(C)c1cccc(NC(=O)c2cn(-c3ccc4c(c3)CN(C3CCC(=O)NC3=O)C4=O)nn2)n1. The molecule has 1 saturated heterocycles. The Labute approximate surface area is 199 Å². The second-order valence-corrected chi connectivity index (χ2v) is 8.52. The van der Waals surface area contributed by atoms with E-state index in [1.54, 1.807) is 30.3 Å². The van der Waals surface area contributed by atoms with Crippen molar-refractivity contribution in [3.05, 3.63) is 59.4 Å². The maximum Gasteiger partial charge on any atom is 0.279 e. The van der Waals surface area contributed by atoms with Crippen molar-refractivity contribution in [2.75, 3.05) is 24.3 Å². The topological polar surface area (TPSA) is 142 Å². The number of carbonyl (C=O) groups is 4. The predicted molar refractivity (Wildman–Crippen MR) is 124 cm³/mol. The van der Waals surface area contributed by atoms with E-state index in [9.17, 15) is 19.2 Å². The molecular formula is C23H22N8O4. The van der Waals surface area contributed by atoms with Gasteiger partial charge >= 0.3 is 0 Å². The number of benzene rings is 1. The Morgan fingerprint density at radius 1 is 1.17 bits per heavy atom. The first kappa shape index (κ1) is 22.2. The number of nitrogens with one attached hydrogen (secondary N) is 2. The zero-order valence-corrected chi connectivity index (χ0v) is 19.1. The van der Waals surface area contributed by atoms with E-state index in [-0.39, 0.29) is 30.5 Å². The van der Waals surface area contributed by atoms with Crippen molar-refractivity contribution in [1.82, 2.24) is 30.2 Å². The molecule has 0 saturated carbocycles. The van der Waals surface area contributed by atoms with Crippen LogP contribution < -0.4 is 15.5 Å². The molecule has 0 spiro atoms. The van der Waals surface area contributed by atoms with Crippen molar-refractivity contribution >= 4 is 35.3 Å². The molecular weight excluding hydrogens is 452 g/mol. The van der Waals surface area contributed by atoms with Crippen LogP contribution in [0.1, 0.15) is 39.3 Å². The van der Waals surface area contributed by atoms with Crippen molar-refractivity contribution in [3.63, 3.8) is 0 Å². The predicted octanol–water partition coefficient (Wildman–Crippen LogP) is 0.742. The molecule has 0 aliphatic carbocycles. The van der Waals surface area contributed by atoms with Gasteiger partial charge in [0, 0.05) is 32.6 Å². The van der Waals surface area contributed by atoms with E-state index in [0.717, 1.165) is 5.56 Å². The van der Waals surface area contributed by atoms with Crippen molar-refractivity contribution in [1.29, 1.82) is 0 Å². The Bertz CT molecular complexity index is 1370. The summed E-state index contributed by atoms with van der Waals surface area (Å²) in [6.07, 6.45) is 1.98. The monoisotopic (exact) mass is 474 g/mol. The molecule has 5 rings (SSSR count). The summed E-state index contributed by atoms with van der Waals surface area (Å²) in [6, 6.07) is 9.75. The van der Waals surface area contributed by atoms with Gasteiger partial charge in [-0.2, -0.15) is 0 Å². The zero-order chi connectivity index (χ0) is 24.7. The maximum atomic E-state index is 12.9. The lowest BCUT2D eigenvalue weighted by Crippen LogP contribution is -2.52. The Balaban J connectivity index is 1.32. The van der Waals surface area contributed by atoms with Gasteiger partial charge in [0.05, 0.1) is 11.9 Å². The standard InChI is InChI=1S/C23H22N8O4/c1-29(2)19-5-3-4-18(24-19)25-21(33)16-12-31(28-27-16)14-6-7-15-13(10-14)11-30(23(15)35)17-8-9-20(32)26-22(17)34/h3-7,10,12,17H,8-9,11H2,1-2H3,(H,24,25,33)(H,26,32,34). The number of rotatable bonds is 5. The molecule has 178 valence electrons. The van der Waals surface area contributed by atoms with Gasteiger partial charge in [-0.1, -0.05) is 11.3 Å². The highest BCUT2D eigenvalue weighted by atomic mass is 16.2. The first-order valence-corrected chi connectivity index (χ1v) is 11.0. The minimum atomic E-state index is -0.683. The van der Waals surface area contributed by atoms with Crippen LogP contribution in [0.3, 0.4) is 0 Å². The maximum absolute atomic E-state index is 12.9. The number of hydrogen-bond acceptors (Lipinski definition) is 8. The van der Waals surface area contributed by atoms with Crippen molar-refractivity contribution < 1.29 is 19.2 Å². The lowest BCUT2D eigenvalue weighted by atomic mass is 10.0. The molecule has 2 aromatic heterocycles. The number of piperidine rings is 1. The van der Waals surface area contributed by atoms with Gasteiger partial charge in [-0.15, -0.1) is 5.10 Å². The highest BCUT2D eigenvalue weighted by Crippen LogP contribution is 2.29. The van der Waals surface area contributed by atoms with E-state index in [1.165, 1.54) is 15.8 Å². The van der Waals surface area contributed by atoms with Crippen LogP contribution in [-0.2, 0) is 16.1 Å². The summed E-state index contributed by atoms with van der Waals surface area (Å²) in [5, 5.41) is 13.0. The highest BCUT2D eigenvalue weighted by Gasteiger charge is 2.39. The molecule has 2 N–H and O–H groups in total. The molecule has 1 aromatic carbocycles. The molecule has 0 bridgehead atoms. The van der Waals surface area contributed by atoms with Gasteiger partial charge < -0.3 is 15.1 Å². The fourth-order valence-electron chi connectivity index (χ4n) is 4.12. The second kappa shape index (κ2) is 8.63. The minimum absolute atomic E-state index is 0.101. The lowest BCUT2D eigenvalue weighted by Gasteiger charge is -2.29. The second-order valence-electron chi connectivity index (χ2n) is 8.52. The molecule has 35 heavy (non-hydrogen) atoms. The fourth-order valence-corrected chi connectivity index (χ4v) is 4.12. The quantitative estimate of drug-likeness (QED) is 0.516. The summed E-state index contributed by atoms with van der Waals surface area (Å²) < 4.78 is 1.44. The molecule has 2 aliphatic heterocycles. The molecule has 1 atom stereocenters. The summed E-state index contributed by atoms with van der Waals surface area (Å²) in [5.41, 5.74) is 1.93. The lowest BCUT2D eigenvalue weighted by molar-refractivity contribution is -0.136. The molecule has 1 unspecified atom stereocenters. The van der Waals surface area contributed by atoms with Crippen LogP contribution in [0.5, 0.6) is 0 Å². The van der Waals surface area contributed by atoms with E-state index < -0.39 is 17.9 Å². The summed E-state index contributed by atoms with van der Waals surface area (Å²) >= 11 is 0. The first-order valence-electron chi connectivity index (χ1n) is 11.0. The van der Waals surface area contributed by atoms with E-state index in [4.69, 9.17) is 0 Å². The van der Waals surface area contributed by atoms with Crippen molar-refractivity contribution in [2.24, 2.45) is 0 Å². The van der Waals surface area contributed by atoms with Crippen LogP contribution in [0, 0.1) is 0 Å². The summed E-state index contributed by atoms with van der Waals surface area (Å²) in [7, 11) is 3.71. The summed E-state index contributed by atoms with van der Waals surface area (Å²) in [6.45, 7) is 0.240. The molecule has 4 heterocycles. The van der Waals surface area contributed by atoms with Crippen LogP contribution in [0.2, 0.25) is 0 Å². The Morgan fingerprint density at radius 3 is 2.77 bits per heavy atom. The number of hydrogen-bond donors (Lipinski definition) is 2. The number of carbonyl (C=O) groups excluding carboxylic acids is 4. The Kier molecular flexibility index (Phi) is 5.47. The van der Waals surface area contributed by atoms with Gasteiger partial charge in [-0.3, -0.25) is 24.5 Å². The largest absolute Gasteiger partial charge is 0.363 e. The molecule has 1 fully saturated rings. The third-order valence-electron chi connectivity index (χ3n) is 5.93. The third kappa shape index (κ3) is 4.21. The van der Waals surface area contributed by atoms with E-state index in [0.29, 0.717) is 29.3 Å². The molecule has 4 amide bonds. The average molecular weight is 474 g/mol. The van der Waals surface area contributed by atoms with Gasteiger partial charge in [0.2, 0.25) is 11.8 Å². The number of imide groups is 1. The van der Waals surface area contributed by atoms with Gasteiger partial charge in [0.15, 0.2) is 5.69 Å². The average Bonchev–Trinajstić information content (AvgIpc) is 3.45. The minimum Gasteiger partial charge on any atom is -0.363 e. The normalized spacial score (nSPS) is 17.3. The molecule has 0 radical (unpaired) electrons. The molecule has 12 nitrogen and oxygen atoms in total. The van der Waals surface area contributed by atoms with E-state index in [2.05, 4.69) is 25.9 Å². The molecule has 3 aromatic rings. The van der Waals surface area contributed by atoms with Crippen molar-refractivity contribution in [2.45, 2.75) is 25.4 Å². The van der Waals surface area contributed by atoms with Crippen LogP contribution in [-0.4, -0.2) is 68.6 Å². The van der Waals surface area contributed by atoms with Crippen LogP contribution >= 0.6 is 0 Å². The van der Waals surface area contributed by atoms with Gasteiger partial charge in [-0.25, -0.2) is 9.67 Å². The smallest absolute Gasteiger partial charge is 0.279 e. The zero-order valence-electron chi connectivity index (χ0n) is 19.1. The van der Waals surface area contributed by atoms with Gasteiger partial charge in [0.25, 0.3) is 11.8 Å². The summed E-state index contributed by atoms with van der Waals surface area (Å²) in [4.78, 5) is 56.9. The number of anilines is 2. The number of pyridine rings is 1. The Hall–Kier alpha value is -4.61. The third-order valence-corrected chi connectivity index (χ3v) is 5.93. The highest BCUT2D eigenvalue weighted by molar-refractivity contribution is 6.05. The molecule has 2 aliphatic rings. The van der Waals surface area contributed by atoms with Crippen molar-refractivity contribution in [3.8, 4) is 5.69 Å². The number of amides is 4. The van der Waals surface area contributed by atoms with Crippen LogP contribution in [0.4, 0.5) is 11.6 Å². The summed E-state index contributed by atoms with van der Waals surface area (Å²) in [5.74, 6) is -0.414.